The Morgan fingerprint density at radius 1 is 0.220 bits per heavy atom. The van der Waals surface area contributed by atoms with Crippen molar-refractivity contribution in [1.82, 2.24) is 0 Å². The molecule has 0 spiro atoms. The summed E-state index contributed by atoms with van der Waals surface area (Å²) in [5.74, 6) is -4.39. The van der Waals surface area contributed by atoms with Crippen LogP contribution < -0.4 is 0 Å². The number of ketones is 18. The maximum absolute atomic E-state index is 11.5. The second-order valence-corrected chi connectivity index (χ2v) is 40.3. The van der Waals surface area contributed by atoms with Gasteiger partial charge in [-0.3, -0.25) is 38.4 Å². The Bertz CT molecular complexity index is 5140. The Kier molecular flexibility index (Phi) is 97.0. The molecule has 0 aliphatic carbocycles. The van der Waals surface area contributed by atoms with E-state index in [2.05, 4.69) is 29.1 Å². The molecule has 0 bridgehead atoms. The molecule has 45 nitrogen and oxygen atoms in total. The van der Waals surface area contributed by atoms with Gasteiger partial charge in [-0.05, 0) is 166 Å². The van der Waals surface area contributed by atoms with E-state index in [1.807, 2.05) is 0 Å². The van der Waals surface area contributed by atoms with Gasteiger partial charge in [-0.1, -0.05) is 0 Å². The van der Waals surface area contributed by atoms with E-state index in [0.29, 0.717) is 34.6 Å². The first-order chi connectivity index (χ1) is 67.8. The second-order valence-electron chi connectivity index (χ2n) is 29.1. The number of aliphatic hydroxyl groups is 6. The molecule has 4 radical (unpaired) electrons. The van der Waals surface area contributed by atoms with Gasteiger partial charge >= 0.3 is 344 Å². The minimum atomic E-state index is -4.18. The van der Waals surface area contributed by atoms with E-state index in [1.165, 1.54) is 262 Å². The van der Waals surface area contributed by atoms with Crippen LogP contribution in [0.4, 0.5) is 0 Å². The summed E-state index contributed by atoms with van der Waals surface area (Å²) in [6.07, 6.45) is 11.4. The van der Waals surface area contributed by atoms with Crippen LogP contribution in [0.25, 0.3) is 29.1 Å². The Morgan fingerprint density at radius 2 is 0.393 bits per heavy atom. The molecule has 0 atom stereocenters. The molecule has 0 amide bonds. The summed E-state index contributed by atoms with van der Waals surface area (Å²) in [6.45, 7) is 90.7. The Labute approximate surface area is 930 Å². The van der Waals surface area contributed by atoms with Crippen molar-refractivity contribution in [3.63, 3.8) is 0 Å². The van der Waals surface area contributed by atoms with Crippen molar-refractivity contribution in [3.05, 3.63) is 278 Å². The van der Waals surface area contributed by atoms with E-state index < -0.39 is 128 Å². The first-order valence-electron chi connectivity index (χ1n) is 41.9. The number of hydrogen-bond donors (Lipinski definition) is 6. The van der Waals surface area contributed by atoms with Crippen molar-refractivity contribution >= 4 is 181 Å². The number of Topliss-reactive ketones (excluding diaryl/α,β-unsaturated/α-hetero) is 9. The molecule has 51 heteroatoms. The maximum Gasteiger partial charge on any atom is 0 e. The van der Waals surface area contributed by atoms with Crippen LogP contribution in [0, 0.1) is 73.4 Å². The monoisotopic (exact) mass is 2870 g/mol. The zero-order valence-electron chi connectivity index (χ0n) is 90.0. The minimum Gasteiger partial charge on any atom is 0 e. The number of hydrogen-bond acceptors (Lipinski definition) is 39. The standard InChI is InChI=1S/9C6H7NO2.9C5H8O2.2Al.2Bi.2Ir.2H/c6*1-4(8)6(7-3)5(2)9;3*1-4(8)6(3-7)5(2)9;9*1-4(6)3-5(2)7;;;;;;;;/h9*8H,1-2H3;9*3,6H,1-2H3;;;;;;;;/q;;;;;;;;;;;;;;;;;;4*+3;;;;/p-12. The number of nitriles is 3. The van der Waals surface area contributed by atoms with Crippen LogP contribution in [0.15, 0.2) is 209 Å². The topological polar surface area (TPSA) is 637 Å². The number of carbonyl (C=O) groups excluding carboxylic acids is 18. The zero-order chi connectivity index (χ0) is 119. The molecule has 0 aromatic rings. The molecule has 0 saturated carbocycles. The summed E-state index contributed by atoms with van der Waals surface area (Å²) in [5, 5.41) is 77.3. The molecule has 0 rings (SSSR count). The second kappa shape index (κ2) is 90.6. The molecule has 6 N–H and O–H groups in total. The van der Waals surface area contributed by atoms with Crippen LogP contribution in [0.2, 0.25) is 0 Å². The van der Waals surface area contributed by atoms with E-state index in [4.69, 9.17) is 125 Å². The molecule has 0 aromatic carbocycles. The molecule has 0 unspecified atom stereocenters. The summed E-state index contributed by atoms with van der Waals surface area (Å²) in [5.41, 5.74) is -2.13. The molecule has 816 valence electrons. The Balaban J connectivity index is -0.000000147. The molecule has 0 saturated heterocycles. The van der Waals surface area contributed by atoms with Gasteiger partial charge in [0.25, 0.3) is 22.8 Å². The maximum atomic E-state index is 11.5. The number of allylic oxidation sites excluding steroid dienone is 36. The molecule has 0 fully saturated rings. The summed E-state index contributed by atoms with van der Waals surface area (Å²) in [6, 6.07) is 5.00. The number of rotatable bonds is 42. The summed E-state index contributed by atoms with van der Waals surface area (Å²) in [4.78, 5) is 215. The van der Waals surface area contributed by atoms with Gasteiger partial charge in [-0.25, -0.2) is 19.4 Å². The van der Waals surface area contributed by atoms with Crippen LogP contribution in [0.1, 0.15) is 249 Å². The third kappa shape index (κ3) is 92.0. The van der Waals surface area contributed by atoms with Crippen molar-refractivity contribution in [1.29, 1.82) is 15.8 Å². The molecule has 0 aliphatic heterocycles. The fourth-order valence-corrected chi connectivity index (χ4v) is 20.1. The summed E-state index contributed by atoms with van der Waals surface area (Å²) >= 11 is -13.8. The number of carbonyl (C=O) groups is 18. The van der Waals surface area contributed by atoms with Gasteiger partial charge < -0.3 is 72.5 Å². The van der Waals surface area contributed by atoms with Gasteiger partial charge in [0.2, 0.25) is 0 Å². The summed E-state index contributed by atoms with van der Waals surface area (Å²) in [7, 11) is 0. The minimum absolute atomic E-state index is 0. The number of nitrogens with zero attached hydrogens (tertiary/aromatic N) is 9. The van der Waals surface area contributed by atoms with E-state index in [0.717, 1.165) is 0 Å². The fraction of sp³-hybridized carbons (Fsp3) is 0.364. The van der Waals surface area contributed by atoms with Crippen molar-refractivity contribution in [2.75, 3.05) is 0 Å². The summed E-state index contributed by atoms with van der Waals surface area (Å²) < 4.78 is 66.4. The van der Waals surface area contributed by atoms with Gasteiger partial charge in [-0.15, -0.1) is 0 Å². The van der Waals surface area contributed by atoms with E-state index >= 15 is 0 Å². The third-order valence-electron chi connectivity index (χ3n) is 13.9. The van der Waals surface area contributed by atoms with Gasteiger partial charge in [-0.2, -0.15) is 10.5 Å². The predicted molar refractivity (Wildman–Crippen MR) is 541 cm³/mol. The Morgan fingerprint density at radius 3 is 0.540 bits per heavy atom. The first-order valence-corrected chi connectivity index (χ1v) is 54.3. The van der Waals surface area contributed by atoms with Gasteiger partial charge in [0, 0.05) is 76.7 Å². The van der Waals surface area contributed by atoms with Crippen molar-refractivity contribution in [2.45, 2.75) is 249 Å². The van der Waals surface area contributed by atoms with Crippen LogP contribution in [-0.2, 0) is 166 Å². The average molecular weight is 2870 g/mol. The van der Waals surface area contributed by atoms with Crippen LogP contribution in [0.5, 0.6) is 0 Å². The van der Waals surface area contributed by atoms with Crippen molar-refractivity contribution < 1.29 is 197 Å². The molecular formula is C99H125Al2Bi2Ir2N9O36. The Hall–Kier alpha value is -14.7. The average Bonchev–Trinajstić information content (AvgIpc) is 0.863. The zero-order valence-corrected chi connectivity index (χ0v) is 105. The van der Waals surface area contributed by atoms with Gasteiger partial charge in [0.15, 0.2) is 69.4 Å². The molecule has 0 aliphatic rings. The number of aliphatic hydroxyl groups excluding tert-OH is 6. The van der Waals surface area contributed by atoms with E-state index in [-0.39, 0.29) is 212 Å². The predicted octanol–water partition coefficient (Wildman–Crippen LogP) is 16.8. The molecule has 0 aromatic heterocycles. The normalized spacial score (nSPS) is 12.5. The quantitative estimate of drug-likeness (QED) is 0.0109. The van der Waals surface area contributed by atoms with Crippen LogP contribution >= 0.6 is 0 Å². The SMILES string of the molecule is CC(=O)C(C#N)=C(C)O.CC(=O)C=C(C)O.CC(=O)C=C(C)O.CC(=O)C=C(C)O.CC(=O)C=C(C)[O][Al]([O]C(C)=CC(C)=O)[O]C(C)=CC(C)=O.CC(=O)C=C(C)[O][BiH]([O]C(C)=CC(C)=O)[O]C(C)=CC(C)=O.[C-]#[N+]C(C(C)=O)=C(C)O.[C-]#[N+]C(C(C)=O)=C(C)O.[C-]#[N+]C(C(C)=O)=C(C)[O][Al]([O]C(C)=C(C#N)C(C)=O)[O]C(C)=C([N+]#[C-])C(C)=O.[C-]#[N+]C(C(C)=O)=C(C)[O][BiH]([O]C(C)=C(C#N)C(C)=O)[O]C(C)=C([N+]#[C-])C(C)=O.[Ir].[Ir]. The van der Waals surface area contributed by atoms with Gasteiger partial charge in [0.1, 0.15) is 40.6 Å². The van der Waals surface area contributed by atoms with E-state index in [9.17, 15) is 86.3 Å². The van der Waals surface area contributed by atoms with Crippen molar-refractivity contribution in [3.8, 4) is 18.2 Å². The largest absolute Gasteiger partial charge is 0 e. The van der Waals surface area contributed by atoms with Crippen LogP contribution in [0.3, 0.4) is 0 Å². The fourth-order valence-electron chi connectivity index (χ4n) is 8.71. The van der Waals surface area contributed by atoms with Gasteiger partial charge in [0.05, 0.1) is 78.1 Å². The first kappa shape index (κ1) is 161. The molecule has 150 heavy (non-hydrogen) atoms. The smallest absolute Gasteiger partial charge is 0 e. The molecular weight excluding hydrogens is 2750 g/mol. The molecule has 0 heterocycles. The van der Waals surface area contributed by atoms with Crippen molar-refractivity contribution in [2.24, 2.45) is 0 Å². The van der Waals surface area contributed by atoms with E-state index in [1.54, 1.807) is 59.8 Å². The third-order valence-corrected chi connectivity index (χ3v) is 28.5. The van der Waals surface area contributed by atoms with Crippen LogP contribution in [-0.4, -0.2) is 211 Å².